The van der Waals surface area contributed by atoms with E-state index in [4.69, 9.17) is 18.9 Å². The molecule has 7 nitrogen and oxygen atoms in total. The molecule has 1 N–H and O–H groups in total. The van der Waals surface area contributed by atoms with Crippen LogP contribution in [0.4, 0.5) is 5.69 Å². The summed E-state index contributed by atoms with van der Waals surface area (Å²) in [7, 11) is 0. The first kappa shape index (κ1) is 20.1. The topological polar surface area (TPSA) is 89.8 Å². The molecule has 29 heavy (non-hydrogen) atoms. The number of anilines is 1. The van der Waals surface area contributed by atoms with Crippen molar-refractivity contribution in [2.24, 2.45) is 0 Å². The highest BCUT2D eigenvalue weighted by atomic mass is 16.6. The molecule has 7 heteroatoms. The molecule has 0 radical (unpaired) electrons. The van der Waals surface area contributed by atoms with Crippen molar-refractivity contribution in [3.63, 3.8) is 0 Å². The summed E-state index contributed by atoms with van der Waals surface area (Å²) in [6.45, 7) is 5.69. The average Bonchev–Trinajstić information content (AvgIpc) is 2.74. The van der Waals surface area contributed by atoms with E-state index in [0.29, 0.717) is 60.7 Å². The maximum absolute atomic E-state index is 12.6. The Morgan fingerprint density at radius 1 is 1.07 bits per heavy atom. The van der Waals surface area contributed by atoms with Crippen molar-refractivity contribution in [1.82, 2.24) is 0 Å². The van der Waals surface area contributed by atoms with Crippen LogP contribution in [0.25, 0.3) is 6.08 Å². The van der Waals surface area contributed by atoms with Crippen molar-refractivity contribution in [2.45, 2.75) is 13.8 Å². The zero-order chi connectivity index (χ0) is 20.6. The van der Waals surface area contributed by atoms with Gasteiger partial charge in [-0.1, -0.05) is 6.07 Å². The van der Waals surface area contributed by atoms with Gasteiger partial charge in [-0.05, 0) is 49.8 Å². The molecule has 0 bridgehead atoms. The van der Waals surface area contributed by atoms with E-state index in [1.807, 2.05) is 19.9 Å². The first-order valence-electron chi connectivity index (χ1n) is 9.37. The minimum atomic E-state index is -0.518. The van der Waals surface area contributed by atoms with Crippen LogP contribution in [-0.4, -0.2) is 32.3 Å². The van der Waals surface area contributed by atoms with Gasteiger partial charge in [0.2, 0.25) is 0 Å². The average molecular weight is 394 g/mol. The molecule has 1 aliphatic heterocycles. The quantitative estimate of drug-likeness (QED) is 0.567. The lowest BCUT2D eigenvalue weighted by Crippen LogP contribution is -2.17. The third-order valence-electron chi connectivity index (χ3n) is 4.04. The fraction of sp³-hybridized carbons (Fsp3) is 0.273. The molecular formula is C22H22N2O5. The standard InChI is InChI=1S/C22H22N2O5/c1-3-26-18-7-5-15(12-20(18)27-4-2)11-16(14-23)22(25)24-17-6-8-19-21(13-17)29-10-9-28-19/h5-8,11-13H,3-4,9-10H2,1-2H3,(H,24,25)/b16-11-. The molecule has 1 amide bonds. The minimum absolute atomic E-state index is 0.0357. The number of carbonyl (C=O) groups excluding carboxylic acids is 1. The van der Waals surface area contributed by atoms with Crippen molar-refractivity contribution >= 4 is 17.7 Å². The van der Waals surface area contributed by atoms with E-state index in [1.54, 1.807) is 36.4 Å². The summed E-state index contributed by atoms with van der Waals surface area (Å²) in [4.78, 5) is 12.6. The maximum Gasteiger partial charge on any atom is 0.266 e. The third-order valence-corrected chi connectivity index (χ3v) is 4.04. The van der Waals surface area contributed by atoms with E-state index in [9.17, 15) is 10.1 Å². The van der Waals surface area contributed by atoms with Crippen LogP contribution in [0.1, 0.15) is 19.4 Å². The number of fused-ring (bicyclic) bond motifs is 1. The number of ether oxygens (including phenoxy) is 4. The van der Waals surface area contributed by atoms with E-state index >= 15 is 0 Å². The van der Waals surface area contributed by atoms with E-state index in [1.165, 1.54) is 6.08 Å². The highest BCUT2D eigenvalue weighted by Crippen LogP contribution is 2.33. The van der Waals surface area contributed by atoms with Gasteiger partial charge in [-0.2, -0.15) is 5.26 Å². The fourth-order valence-electron chi connectivity index (χ4n) is 2.79. The Hall–Kier alpha value is -3.66. The Morgan fingerprint density at radius 2 is 1.79 bits per heavy atom. The van der Waals surface area contributed by atoms with Gasteiger partial charge in [0.1, 0.15) is 24.9 Å². The highest BCUT2D eigenvalue weighted by Gasteiger charge is 2.15. The SMILES string of the molecule is CCOc1ccc(/C=C(/C#N)C(=O)Nc2ccc3c(c2)OCCO3)cc1OCC. The molecular weight excluding hydrogens is 372 g/mol. The molecule has 0 fully saturated rings. The zero-order valence-corrected chi connectivity index (χ0v) is 16.4. The lowest BCUT2D eigenvalue weighted by atomic mass is 10.1. The lowest BCUT2D eigenvalue weighted by Gasteiger charge is -2.18. The smallest absolute Gasteiger partial charge is 0.266 e. The number of nitrogens with zero attached hydrogens (tertiary/aromatic N) is 1. The maximum atomic E-state index is 12.6. The van der Waals surface area contributed by atoms with Crippen LogP contribution in [0.3, 0.4) is 0 Å². The summed E-state index contributed by atoms with van der Waals surface area (Å²) < 4.78 is 22.1. The number of rotatable bonds is 7. The predicted molar refractivity (Wildman–Crippen MR) is 108 cm³/mol. The van der Waals surface area contributed by atoms with Gasteiger partial charge in [0.15, 0.2) is 23.0 Å². The first-order chi connectivity index (χ1) is 14.1. The van der Waals surface area contributed by atoms with Crippen molar-refractivity contribution in [3.8, 4) is 29.1 Å². The molecule has 0 unspecified atom stereocenters. The fourth-order valence-corrected chi connectivity index (χ4v) is 2.79. The van der Waals surface area contributed by atoms with Gasteiger partial charge in [-0.25, -0.2) is 0 Å². The predicted octanol–water partition coefficient (Wildman–Crippen LogP) is 3.80. The van der Waals surface area contributed by atoms with Crippen molar-refractivity contribution in [3.05, 3.63) is 47.5 Å². The Morgan fingerprint density at radius 3 is 2.52 bits per heavy atom. The van der Waals surface area contributed by atoms with Gasteiger partial charge in [0, 0.05) is 11.8 Å². The lowest BCUT2D eigenvalue weighted by molar-refractivity contribution is -0.112. The molecule has 3 rings (SSSR count). The number of benzene rings is 2. The summed E-state index contributed by atoms with van der Waals surface area (Å²) in [6, 6.07) is 12.3. The molecule has 0 spiro atoms. The van der Waals surface area contributed by atoms with Crippen molar-refractivity contribution < 1.29 is 23.7 Å². The van der Waals surface area contributed by atoms with Crippen LogP contribution in [0.2, 0.25) is 0 Å². The molecule has 1 heterocycles. The molecule has 1 aliphatic rings. The summed E-state index contributed by atoms with van der Waals surface area (Å²) in [5.41, 5.74) is 1.14. The Bertz CT molecular complexity index is 962. The summed E-state index contributed by atoms with van der Waals surface area (Å²) in [5, 5.41) is 12.2. The van der Waals surface area contributed by atoms with Crippen LogP contribution in [0, 0.1) is 11.3 Å². The summed E-state index contributed by atoms with van der Waals surface area (Å²) in [6.07, 6.45) is 1.51. The van der Waals surface area contributed by atoms with Gasteiger partial charge in [-0.3, -0.25) is 4.79 Å². The second-order valence-corrected chi connectivity index (χ2v) is 6.05. The van der Waals surface area contributed by atoms with Crippen LogP contribution in [0.15, 0.2) is 42.0 Å². The third kappa shape index (κ3) is 4.99. The van der Waals surface area contributed by atoms with E-state index in [0.717, 1.165) is 0 Å². The van der Waals surface area contributed by atoms with Crippen LogP contribution in [0.5, 0.6) is 23.0 Å². The van der Waals surface area contributed by atoms with Crippen molar-refractivity contribution in [1.29, 1.82) is 5.26 Å². The van der Waals surface area contributed by atoms with Crippen LogP contribution >= 0.6 is 0 Å². The number of amides is 1. The minimum Gasteiger partial charge on any atom is -0.490 e. The van der Waals surface area contributed by atoms with E-state index < -0.39 is 5.91 Å². The largest absolute Gasteiger partial charge is 0.490 e. The first-order valence-corrected chi connectivity index (χ1v) is 9.37. The molecule has 150 valence electrons. The zero-order valence-electron chi connectivity index (χ0n) is 16.4. The van der Waals surface area contributed by atoms with Gasteiger partial charge in [-0.15, -0.1) is 0 Å². The number of nitriles is 1. The van der Waals surface area contributed by atoms with Gasteiger partial charge in [0.05, 0.1) is 13.2 Å². The molecule has 0 aromatic heterocycles. The Kier molecular flexibility index (Phi) is 6.59. The van der Waals surface area contributed by atoms with Crippen molar-refractivity contribution in [2.75, 3.05) is 31.7 Å². The molecule has 2 aromatic rings. The van der Waals surface area contributed by atoms with Gasteiger partial charge < -0.3 is 24.3 Å². The molecule has 0 aliphatic carbocycles. The normalized spacial score (nSPS) is 12.7. The van der Waals surface area contributed by atoms with E-state index in [2.05, 4.69) is 5.32 Å². The number of hydrogen-bond acceptors (Lipinski definition) is 6. The number of carbonyl (C=O) groups is 1. The summed E-state index contributed by atoms with van der Waals surface area (Å²) >= 11 is 0. The molecule has 0 atom stereocenters. The van der Waals surface area contributed by atoms with Crippen LogP contribution in [-0.2, 0) is 4.79 Å². The molecule has 2 aromatic carbocycles. The van der Waals surface area contributed by atoms with Crippen LogP contribution < -0.4 is 24.3 Å². The number of nitrogens with one attached hydrogen (secondary N) is 1. The van der Waals surface area contributed by atoms with Gasteiger partial charge in [0.25, 0.3) is 5.91 Å². The Labute approximate surface area is 169 Å². The second kappa shape index (κ2) is 9.51. The summed E-state index contributed by atoms with van der Waals surface area (Å²) in [5.74, 6) is 1.85. The second-order valence-electron chi connectivity index (χ2n) is 6.05. The Balaban J connectivity index is 1.79. The van der Waals surface area contributed by atoms with E-state index in [-0.39, 0.29) is 5.57 Å². The monoisotopic (exact) mass is 394 g/mol. The molecule has 0 saturated heterocycles. The highest BCUT2D eigenvalue weighted by molar-refractivity contribution is 6.09. The number of hydrogen-bond donors (Lipinski definition) is 1. The van der Waals surface area contributed by atoms with Gasteiger partial charge >= 0.3 is 0 Å². The molecule has 0 saturated carbocycles.